The fraction of sp³-hybridized carbons (Fsp3) is 0.542. The van der Waals surface area contributed by atoms with Gasteiger partial charge in [-0.1, -0.05) is 12.1 Å². The van der Waals surface area contributed by atoms with E-state index >= 15 is 0 Å². The first-order valence-corrected chi connectivity index (χ1v) is 13.6. The second kappa shape index (κ2) is 10.7. The minimum atomic E-state index is -5.99. The number of pyridine rings is 1. The number of alkyl halides is 6. The molecular weight excluding hydrogens is 554 g/mol. The molecular formula is C24H28F6N4O4S. The van der Waals surface area contributed by atoms with Crippen molar-refractivity contribution in [2.24, 2.45) is 5.92 Å². The number of ether oxygens (including phenoxy) is 1. The third-order valence-electron chi connectivity index (χ3n) is 7.23. The van der Waals surface area contributed by atoms with Gasteiger partial charge in [0, 0.05) is 56.3 Å². The van der Waals surface area contributed by atoms with E-state index < -0.39 is 39.6 Å². The predicted molar refractivity (Wildman–Crippen MR) is 129 cm³/mol. The molecule has 0 radical (unpaired) electrons. The Labute approximate surface area is 221 Å². The smallest absolute Gasteiger partial charge is 0.384 e. The number of anilines is 2. The normalized spacial score (nSPS) is 20.8. The summed E-state index contributed by atoms with van der Waals surface area (Å²) in [4.78, 5) is 5.59. The lowest BCUT2D eigenvalue weighted by Gasteiger charge is -2.44. The Bertz CT molecular complexity index is 1220. The highest BCUT2D eigenvalue weighted by molar-refractivity contribution is 7.89. The second-order valence-corrected chi connectivity index (χ2v) is 11.6. The number of benzene rings is 1. The monoisotopic (exact) mass is 582 g/mol. The highest BCUT2D eigenvalue weighted by atomic mass is 32.2. The van der Waals surface area contributed by atoms with Crippen molar-refractivity contribution in [3.05, 3.63) is 48.2 Å². The number of piperazine rings is 1. The summed E-state index contributed by atoms with van der Waals surface area (Å²) >= 11 is 0. The van der Waals surface area contributed by atoms with Gasteiger partial charge in [0.15, 0.2) is 0 Å². The summed E-state index contributed by atoms with van der Waals surface area (Å²) in [6.07, 6.45) is -8.81. The minimum Gasteiger partial charge on any atom is -0.384 e. The molecule has 0 bridgehead atoms. The van der Waals surface area contributed by atoms with E-state index in [9.17, 15) is 39.9 Å². The van der Waals surface area contributed by atoms with Gasteiger partial charge < -0.3 is 20.5 Å². The van der Waals surface area contributed by atoms with Crippen LogP contribution in [0.25, 0.3) is 0 Å². The van der Waals surface area contributed by atoms with Gasteiger partial charge in [-0.25, -0.2) is 13.4 Å². The number of rotatable bonds is 6. The van der Waals surface area contributed by atoms with Crippen LogP contribution >= 0.6 is 0 Å². The van der Waals surface area contributed by atoms with Gasteiger partial charge in [0.25, 0.3) is 5.60 Å². The van der Waals surface area contributed by atoms with Crippen molar-refractivity contribution in [2.75, 3.05) is 43.5 Å². The predicted octanol–water partition coefficient (Wildman–Crippen LogP) is 3.67. The Balaban J connectivity index is 1.63. The second-order valence-electron chi connectivity index (χ2n) is 9.67. The molecule has 1 atom stereocenters. The molecule has 2 aliphatic rings. The number of aliphatic hydroxyl groups is 1. The summed E-state index contributed by atoms with van der Waals surface area (Å²) in [7, 11) is -3.94. The zero-order valence-corrected chi connectivity index (χ0v) is 21.4. The Kier molecular flexibility index (Phi) is 8.09. The topological polar surface area (TPSA) is 109 Å². The number of aromatic nitrogens is 1. The van der Waals surface area contributed by atoms with Crippen LogP contribution in [0.2, 0.25) is 0 Å². The number of nitrogen functional groups attached to an aromatic ring is 1. The van der Waals surface area contributed by atoms with Gasteiger partial charge >= 0.3 is 12.4 Å². The summed E-state index contributed by atoms with van der Waals surface area (Å²) in [6, 6.07) is 5.67. The Morgan fingerprint density at radius 1 is 0.974 bits per heavy atom. The van der Waals surface area contributed by atoms with Crippen LogP contribution in [0.3, 0.4) is 0 Å². The van der Waals surface area contributed by atoms with E-state index in [4.69, 9.17) is 10.5 Å². The standard InChI is InChI=1S/C24H28F6N4O4S/c25-23(26,27)22(35,24(28,29)30)17-1-3-18(4-2-17)34-10-9-33(15-19(34)13-16-7-11-38-12-8-16)39(36,37)20-5-6-21(31)32-14-20/h1-6,14,16,19,35H,7-13,15H2,(H2,31,32). The van der Waals surface area contributed by atoms with Crippen molar-refractivity contribution in [1.82, 2.24) is 9.29 Å². The molecule has 2 aliphatic heterocycles. The summed E-state index contributed by atoms with van der Waals surface area (Å²) in [5.74, 6) is 0.342. The van der Waals surface area contributed by atoms with E-state index in [0.717, 1.165) is 31.2 Å². The molecule has 4 rings (SSSR count). The quantitative estimate of drug-likeness (QED) is 0.501. The molecule has 39 heavy (non-hydrogen) atoms. The zero-order valence-electron chi connectivity index (χ0n) is 20.6. The van der Waals surface area contributed by atoms with Gasteiger partial charge in [0.05, 0.1) is 0 Å². The lowest BCUT2D eigenvalue weighted by molar-refractivity contribution is -0.376. The van der Waals surface area contributed by atoms with Gasteiger partial charge in [0.2, 0.25) is 10.0 Å². The molecule has 216 valence electrons. The van der Waals surface area contributed by atoms with Crippen LogP contribution in [0.4, 0.5) is 37.8 Å². The summed E-state index contributed by atoms with van der Waals surface area (Å²) in [6.45, 7) is 1.28. The Morgan fingerprint density at radius 2 is 1.59 bits per heavy atom. The molecule has 2 saturated heterocycles. The maximum absolute atomic E-state index is 13.3. The van der Waals surface area contributed by atoms with Crippen molar-refractivity contribution < 1.29 is 44.6 Å². The largest absolute Gasteiger partial charge is 0.430 e. The van der Waals surface area contributed by atoms with E-state index in [1.165, 1.54) is 16.4 Å². The molecule has 1 unspecified atom stereocenters. The van der Waals surface area contributed by atoms with E-state index in [1.54, 1.807) is 4.90 Å². The fourth-order valence-corrected chi connectivity index (χ4v) is 6.44. The van der Waals surface area contributed by atoms with E-state index in [0.29, 0.717) is 37.5 Å². The Hall–Kier alpha value is -2.62. The lowest BCUT2D eigenvalue weighted by atomic mass is 9.90. The first kappa shape index (κ1) is 29.4. The molecule has 2 fully saturated rings. The van der Waals surface area contributed by atoms with Crippen molar-refractivity contribution in [3.63, 3.8) is 0 Å². The molecule has 1 aromatic heterocycles. The van der Waals surface area contributed by atoms with Gasteiger partial charge in [-0.05, 0) is 49.4 Å². The third-order valence-corrected chi connectivity index (χ3v) is 9.07. The first-order valence-electron chi connectivity index (χ1n) is 12.2. The number of halogens is 6. The highest BCUT2D eigenvalue weighted by Crippen LogP contribution is 2.50. The van der Waals surface area contributed by atoms with Gasteiger partial charge in [-0.2, -0.15) is 30.6 Å². The number of nitrogens with zero attached hydrogens (tertiary/aromatic N) is 3. The lowest BCUT2D eigenvalue weighted by Crippen LogP contribution is -2.55. The van der Waals surface area contributed by atoms with Crippen molar-refractivity contribution in [1.29, 1.82) is 0 Å². The fourth-order valence-electron chi connectivity index (χ4n) is 5.03. The summed E-state index contributed by atoms with van der Waals surface area (Å²) in [5, 5.41) is 9.71. The van der Waals surface area contributed by atoms with Crippen LogP contribution in [0.15, 0.2) is 47.5 Å². The maximum atomic E-state index is 13.3. The molecule has 8 nitrogen and oxygen atoms in total. The van der Waals surface area contributed by atoms with Crippen molar-refractivity contribution in [3.8, 4) is 0 Å². The average molecular weight is 583 g/mol. The van der Waals surface area contributed by atoms with Gasteiger partial charge in [-0.3, -0.25) is 0 Å². The van der Waals surface area contributed by atoms with Crippen LogP contribution in [0.1, 0.15) is 24.8 Å². The third kappa shape index (κ3) is 5.81. The Morgan fingerprint density at radius 3 is 2.13 bits per heavy atom. The summed E-state index contributed by atoms with van der Waals surface area (Å²) in [5.41, 5.74) is -0.506. The van der Waals surface area contributed by atoms with Crippen LogP contribution < -0.4 is 10.6 Å². The minimum absolute atomic E-state index is 0.0216. The van der Waals surface area contributed by atoms with Crippen LogP contribution in [0.5, 0.6) is 0 Å². The molecule has 3 heterocycles. The SMILES string of the molecule is Nc1ccc(S(=O)(=O)N2CCN(c3ccc(C(O)(C(F)(F)F)C(F)(F)F)cc3)C(CC3CCOCC3)C2)cn1. The number of sulfonamides is 1. The van der Waals surface area contributed by atoms with E-state index in [2.05, 4.69) is 4.98 Å². The molecule has 1 aromatic carbocycles. The van der Waals surface area contributed by atoms with E-state index in [1.807, 2.05) is 0 Å². The number of hydrogen-bond acceptors (Lipinski definition) is 7. The average Bonchev–Trinajstić information content (AvgIpc) is 2.88. The number of nitrogens with two attached hydrogens (primary N) is 1. The maximum Gasteiger partial charge on any atom is 0.430 e. The van der Waals surface area contributed by atoms with Gasteiger partial charge in [0.1, 0.15) is 10.7 Å². The molecule has 0 amide bonds. The zero-order chi connectivity index (χ0) is 28.6. The van der Waals surface area contributed by atoms with Gasteiger partial charge in [-0.15, -0.1) is 0 Å². The molecule has 0 saturated carbocycles. The molecule has 2 aromatic rings. The molecule has 0 spiro atoms. The molecule has 0 aliphatic carbocycles. The van der Waals surface area contributed by atoms with E-state index in [-0.39, 0.29) is 36.3 Å². The van der Waals surface area contributed by atoms with Crippen LogP contribution in [0, 0.1) is 5.92 Å². The number of hydrogen-bond donors (Lipinski definition) is 2. The molecule has 15 heteroatoms. The highest BCUT2D eigenvalue weighted by Gasteiger charge is 2.71. The van der Waals surface area contributed by atoms with Crippen molar-refractivity contribution in [2.45, 2.75) is 48.2 Å². The van der Waals surface area contributed by atoms with Crippen LogP contribution in [-0.2, 0) is 20.4 Å². The van der Waals surface area contributed by atoms with Crippen molar-refractivity contribution >= 4 is 21.5 Å². The van der Waals surface area contributed by atoms with Crippen LogP contribution in [-0.4, -0.2) is 74.1 Å². The molecule has 3 N–H and O–H groups in total. The summed E-state index contributed by atoms with van der Waals surface area (Å²) < 4.78 is 113. The first-order chi connectivity index (χ1) is 18.1.